The molecule has 10 heteroatoms. The van der Waals surface area contributed by atoms with Gasteiger partial charge in [-0.25, -0.2) is 12.8 Å². The number of piperazine rings is 1. The predicted octanol–water partition coefficient (Wildman–Crippen LogP) is 3.14. The van der Waals surface area contributed by atoms with Crippen LogP contribution < -0.4 is 18.7 Å². The SMILES string of the molecule is O=C(CN(c1ccc(F)cc1)S(=O)(=O)c1ccc2c(c1)OCCO2)N1CCN(c2ccccc2)CC1. The predicted molar refractivity (Wildman–Crippen MR) is 134 cm³/mol. The average Bonchev–Trinajstić information content (AvgIpc) is 2.92. The Morgan fingerprint density at radius 3 is 2.22 bits per heavy atom. The van der Waals surface area contributed by atoms with E-state index in [1.807, 2.05) is 30.3 Å². The summed E-state index contributed by atoms with van der Waals surface area (Å²) in [5.74, 6) is -0.0439. The minimum absolute atomic E-state index is 0.0437. The van der Waals surface area contributed by atoms with Gasteiger partial charge in [-0.15, -0.1) is 0 Å². The van der Waals surface area contributed by atoms with E-state index in [0.29, 0.717) is 50.9 Å². The molecule has 1 saturated heterocycles. The van der Waals surface area contributed by atoms with Gasteiger partial charge in [0, 0.05) is 37.9 Å². The summed E-state index contributed by atoms with van der Waals surface area (Å²) < 4.78 is 53.1. The van der Waals surface area contributed by atoms with Crippen molar-refractivity contribution in [1.82, 2.24) is 4.90 Å². The Morgan fingerprint density at radius 2 is 1.53 bits per heavy atom. The number of amides is 1. The maximum atomic E-state index is 13.7. The van der Waals surface area contributed by atoms with Gasteiger partial charge in [-0.2, -0.15) is 0 Å². The van der Waals surface area contributed by atoms with E-state index in [1.54, 1.807) is 4.90 Å². The van der Waals surface area contributed by atoms with Crippen molar-refractivity contribution >= 4 is 27.3 Å². The third kappa shape index (κ3) is 4.94. The van der Waals surface area contributed by atoms with Crippen LogP contribution in [0.5, 0.6) is 11.5 Å². The second-order valence-corrected chi connectivity index (χ2v) is 10.4. The lowest BCUT2D eigenvalue weighted by atomic mass is 10.2. The zero-order valence-corrected chi connectivity index (χ0v) is 20.4. The third-order valence-corrected chi connectivity index (χ3v) is 8.02. The maximum Gasteiger partial charge on any atom is 0.264 e. The quantitative estimate of drug-likeness (QED) is 0.506. The molecule has 0 N–H and O–H groups in total. The summed E-state index contributed by atoms with van der Waals surface area (Å²) in [5, 5.41) is 0. The first-order chi connectivity index (χ1) is 17.4. The summed E-state index contributed by atoms with van der Waals surface area (Å²) in [6.45, 7) is 2.50. The first-order valence-corrected chi connectivity index (χ1v) is 13.1. The van der Waals surface area contributed by atoms with E-state index in [9.17, 15) is 17.6 Å². The summed E-state index contributed by atoms with van der Waals surface area (Å²) >= 11 is 0. The van der Waals surface area contributed by atoms with E-state index in [0.717, 1.165) is 9.99 Å². The van der Waals surface area contributed by atoms with Gasteiger partial charge in [0.25, 0.3) is 10.0 Å². The molecule has 3 aromatic carbocycles. The Balaban J connectivity index is 1.37. The largest absolute Gasteiger partial charge is 0.486 e. The normalized spacial score (nSPS) is 15.5. The van der Waals surface area contributed by atoms with E-state index in [4.69, 9.17) is 9.47 Å². The summed E-state index contributed by atoms with van der Waals surface area (Å²) in [4.78, 5) is 17.1. The molecule has 1 fully saturated rings. The van der Waals surface area contributed by atoms with Crippen molar-refractivity contribution in [3.63, 3.8) is 0 Å². The van der Waals surface area contributed by atoms with E-state index in [1.165, 1.54) is 42.5 Å². The minimum Gasteiger partial charge on any atom is -0.486 e. The van der Waals surface area contributed by atoms with Crippen molar-refractivity contribution in [3.05, 3.63) is 78.6 Å². The molecule has 0 unspecified atom stereocenters. The third-order valence-electron chi connectivity index (χ3n) is 6.25. The van der Waals surface area contributed by atoms with Crippen molar-refractivity contribution in [2.45, 2.75) is 4.90 Å². The van der Waals surface area contributed by atoms with Crippen LogP contribution in [0.2, 0.25) is 0 Å². The molecule has 0 saturated carbocycles. The molecule has 8 nitrogen and oxygen atoms in total. The number of nitrogens with zero attached hydrogens (tertiary/aromatic N) is 3. The van der Waals surface area contributed by atoms with E-state index in [2.05, 4.69) is 4.90 Å². The molecule has 36 heavy (non-hydrogen) atoms. The van der Waals surface area contributed by atoms with Gasteiger partial charge in [-0.3, -0.25) is 9.10 Å². The number of rotatable bonds is 6. The summed E-state index contributed by atoms with van der Waals surface area (Å²) in [6.07, 6.45) is 0. The fraction of sp³-hybridized carbons (Fsp3) is 0.269. The van der Waals surface area contributed by atoms with Crippen LogP contribution in [0.3, 0.4) is 0 Å². The highest BCUT2D eigenvalue weighted by Gasteiger charge is 2.31. The van der Waals surface area contributed by atoms with Crippen LogP contribution in [0.1, 0.15) is 0 Å². The van der Waals surface area contributed by atoms with Gasteiger partial charge in [0.2, 0.25) is 5.91 Å². The maximum absolute atomic E-state index is 13.7. The lowest BCUT2D eigenvalue weighted by Crippen LogP contribution is -2.52. The van der Waals surface area contributed by atoms with Crippen molar-refractivity contribution in [2.24, 2.45) is 0 Å². The number of anilines is 2. The molecule has 2 heterocycles. The Hall–Kier alpha value is -3.79. The number of benzene rings is 3. The monoisotopic (exact) mass is 511 g/mol. The molecule has 0 radical (unpaired) electrons. The lowest BCUT2D eigenvalue weighted by Gasteiger charge is -2.37. The molecule has 2 aliphatic rings. The van der Waals surface area contributed by atoms with Crippen LogP contribution in [-0.2, 0) is 14.8 Å². The molecule has 2 aliphatic heterocycles. The summed E-state index contributed by atoms with van der Waals surface area (Å²) in [5.41, 5.74) is 1.28. The number of hydrogen-bond donors (Lipinski definition) is 0. The number of hydrogen-bond acceptors (Lipinski definition) is 6. The molecule has 0 spiro atoms. The van der Waals surface area contributed by atoms with Crippen molar-refractivity contribution < 1.29 is 27.1 Å². The zero-order chi connectivity index (χ0) is 25.1. The Bertz CT molecular complexity index is 1330. The molecule has 1 amide bonds. The Labute approximate surface area is 209 Å². The number of fused-ring (bicyclic) bond motifs is 1. The van der Waals surface area contributed by atoms with Gasteiger partial charge in [0.05, 0.1) is 10.6 Å². The van der Waals surface area contributed by atoms with Crippen LogP contribution >= 0.6 is 0 Å². The van der Waals surface area contributed by atoms with Crippen LogP contribution in [0.25, 0.3) is 0 Å². The van der Waals surface area contributed by atoms with Crippen LogP contribution in [-0.4, -0.2) is 65.2 Å². The van der Waals surface area contributed by atoms with E-state index >= 15 is 0 Å². The first-order valence-electron chi connectivity index (χ1n) is 11.7. The van der Waals surface area contributed by atoms with Gasteiger partial charge < -0.3 is 19.3 Å². The molecular weight excluding hydrogens is 485 g/mol. The van der Waals surface area contributed by atoms with Crippen LogP contribution in [0, 0.1) is 5.82 Å². The molecular formula is C26H26FN3O5S. The fourth-order valence-electron chi connectivity index (χ4n) is 4.31. The number of ether oxygens (including phenoxy) is 2. The van der Waals surface area contributed by atoms with Gasteiger partial charge in [0.15, 0.2) is 11.5 Å². The molecule has 0 aromatic heterocycles. The second kappa shape index (κ2) is 10.1. The van der Waals surface area contributed by atoms with Gasteiger partial charge in [-0.05, 0) is 48.5 Å². The zero-order valence-electron chi connectivity index (χ0n) is 19.5. The molecule has 5 rings (SSSR count). The second-order valence-electron chi connectivity index (χ2n) is 8.50. The number of carbonyl (C=O) groups excluding carboxylic acids is 1. The molecule has 188 valence electrons. The molecule has 0 atom stereocenters. The standard InChI is InChI=1S/C26H26FN3O5S/c27-20-6-8-22(9-7-20)30(36(32,33)23-10-11-24-25(18-23)35-17-16-34-24)19-26(31)29-14-12-28(13-15-29)21-4-2-1-3-5-21/h1-11,18H,12-17,19H2. The van der Waals surface area contributed by atoms with Gasteiger partial charge in [-0.1, -0.05) is 18.2 Å². The molecule has 0 aliphatic carbocycles. The number of para-hydroxylation sites is 1. The van der Waals surface area contributed by atoms with Crippen molar-refractivity contribution in [3.8, 4) is 11.5 Å². The summed E-state index contributed by atoms with van der Waals surface area (Å²) in [7, 11) is -4.17. The topological polar surface area (TPSA) is 79.4 Å². The average molecular weight is 512 g/mol. The highest BCUT2D eigenvalue weighted by Crippen LogP contribution is 2.34. The smallest absolute Gasteiger partial charge is 0.264 e. The van der Waals surface area contributed by atoms with Crippen LogP contribution in [0.15, 0.2) is 77.7 Å². The van der Waals surface area contributed by atoms with Gasteiger partial charge >= 0.3 is 0 Å². The lowest BCUT2D eigenvalue weighted by molar-refractivity contribution is -0.129. The number of carbonyl (C=O) groups is 1. The number of sulfonamides is 1. The van der Waals surface area contributed by atoms with E-state index in [-0.39, 0.29) is 16.5 Å². The molecule has 3 aromatic rings. The summed E-state index contributed by atoms with van der Waals surface area (Å²) in [6, 6.07) is 19.3. The van der Waals surface area contributed by atoms with Crippen molar-refractivity contribution in [2.75, 3.05) is 55.1 Å². The highest BCUT2D eigenvalue weighted by atomic mass is 32.2. The Kier molecular flexibility index (Phi) is 6.69. The van der Waals surface area contributed by atoms with Crippen LogP contribution in [0.4, 0.5) is 15.8 Å². The first kappa shape index (κ1) is 23.9. The van der Waals surface area contributed by atoms with E-state index < -0.39 is 22.4 Å². The van der Waals surface area contributed by atoms with Gasteiger partial charge in [0.1, 0.15) is 25.6 Å². The number of halogens is 1. The fourth-order valence-corrected chi connectivity index (χ4v) is 5.74. The van der Waals surface area contributed by atoms with Crippen molar-refractivity contribution in [1.29, 1.82) is 0 Å². The molecule has 0 bridgehead atoms. The Morgan fingerprint density at radius 1 is 0.861 bits per heavy atom. The highest BCUT2D eigenvalue weighted by molar-refractivity contribution is 7.92. The minimum atomic E-state index is -4.17.